The number of rotatable bonds is 3. The van der Waals surface area contributed by atoms with Crippen LogP contribution in [0, 0.1) is 12.3 Å². The Kier molecular flexibility index (Phi) is 5.57. The van der Waals surface area contributed by atoms with Gasteiger partial charge in [-0.1, -0.05) is 11.6 Å². The van der Waals surface area contributed by atoms with Gasteiger partial charge >= 0.3 is 6.09 Å². The fourth-order valence-corrected chi connectivity index (χ4v) is 5.13. The van der Waals surface area contributed by atoms with E-state index < -0.39 is 6.09 Å². The molecule has 0 bridgehead atoms. The Morgan fingerprint density at radius 3 is 2.83 bits per heavy atom. The summed E-state index contributed by atoms with van der Waals surface area (Å²) in [6.07, 6.45) is 3.59. The predicted molar refractivity (Wildman–Crippen MR) is 108 cm³/mol. The SMILES string of the molecule is Cc1nc(N2CCC[C@@]3(CCN(C4CCOCC4)C3=O)C2)c(Cl)cc1OC(N)=O. The van der Waals surface area contributed by atoms with Crippen molar-refractivity contribution in [1.82, 2.24) is 9.88 Å². The van der Waals surface area contributed by atoms with E-state index in [4.69, 9.17) is 26.8 Å². The van der Waals surface area contributed by atoms with Gasteiger partial charge in [0.25, 0.3) is 0 Å². The fraction of sp³-hybridized carbons (Fsp3) is 0.650. The van der Waals surface area contributed by atoms with Gasteiger partial charge in [0, 0.05) is 45.0 Å². The Morgan fingerprint density at radius 2 is 2.10 bits per heavy atom. The van der Waals surface area contributed by atoms with E-state index in [1.165, 1.54) is 0 Å². The van der Waals surface area contributed by atoms with Crippen molar-refractivity contribution in [3.8, 4) is 5.75 Å². The first-order valence-corrected chi connectivity index (χ1v) is 10.6. The van der Waals surface area contributed by atoms with Gasteiger partial charge in [0.15, 0.2) is 5.75 Å². The molecule has 0 aromatic carbocycles. The summed E-state index contributed by atoms with van der Waals surface area (Å²) in [5, 5.41) is 0.385. The number of anilines is 1. The largest absolute Gasteiger partial charge is 0.410 e. The van der Waals surface area contributed by atoms with Gasteiger partial charge < -0.3 is 25.0 Å². The molecule has 0 radical (unpaired) electrons. The second kappa shape index (κ2) is 7.99. The van der Waals surface area contributed by atoms with Crippen LogP contribution in [-0.2, 0) is 9.53 Å². The average Bonchev–Trinajstić information content (AvgIpc) is 3.00. The van der Waals surface area contributed by atoms with Crippen LogP contribution in [-0.4, -0.2) is 60.8 Å². The van der Waals surface area contributed by atoms with Gasteiger partial charge in [-0.25, -0.2) is 9.78 Å². The van der Waals surface area contributed by atoms with Gasteiger partial charge in [0.1, 0.15) is 5.82 Å². The zero-order valence-corrected chi connectivity index (χ0v) is 17.4. The van der Waals surface area contributed by atoms with Crippen LogP contribution in [0.15, 0.2) is 6.07 Å². The molecule has 1 spiro atoms. The Hall–Kier alpha value is -2.06. The van der Waals surface area contributed by atoms with E-state index in [0.717, 1.165) is 58.4 Å². The quantitative estimate of drug-likeness (QED) is 0.803. The normalized spacial score (nSPS) is 25.7. The summed E-state index contributed by atoms with van der Waals surface area (Å²) in [6.45, 7) is 5.40. The van der Waals surface area contributed by atoms with Crippen LogP contribution in [0.3, 0.4) is 0 Å². The lowest BCUT2D eigenvalue weighted by molar-refractivity contribution is -0.139. The number of nitrogens with zero attached hydrogens (tertiary/aromatic N) is 3. The van der Waals surface area contributed by atoms with Crippen LogP contribution < -0.4 is 15.4 Å². The van der Waals surface area contributed by atoms with Gasteiger partial charge in [-0.05, 0) is 39.0 Å². The van der Waals surface area contributed by atoms with Crippen LogP contribution in [0.25, 0.3) is 0 Å². The minimum Gasteiger partial charge on any atom is -0.408 e. The molecule has 4 rings (SSSR count). The summed E-state index contributed by atoms with van der Waals surface area (Å²) in [7, 11) is 0. The number of amides is 2. The standard InChI is InChI=1S/C20H27ClN4O4/c1-13-16(29-19(22)27)11-15(21)17(23-13)24-7-2-5-20(12-24)6-8-25(18(20)26)14-3-9-28-10-4-14/h11,14H,2-10,12H2,1H3,(H2,22,27)/t20-/m1/s1. The number of hydrogen-bond donors (Lipinski definition) is 1. The molecule has 1 aromatic rings. The van der Waals surface area contributed by atoms with E-state index >= 15 is 0 Å². The number of aromatic nitrogens is 1. The first-order chi connectivity index (χ1) is 13.9. The second-order valence-corrected chi connectivity index (χ2v) is 8.60. The molecule has 8 nitrogen and oxygen atoms in total. The number of hydrogen-bond acceptors (Lipinski definition) is 6. The number of halogens is 1. The highest BCUT2D eigenvalue weighted by Crippen LogP contribution is 2.44. The highest BCUT2D eigenvalue weighted by Gasteiger charge is 2.50. The molecule has 158 valence electrons. The number of primary amides is 1. The summed E-state index contributed by atoms with van der Waals surface area (Å²) in [4.78, 5) is 33.2. The van der Waals surface area contributed by atoms with E-state index in [2.05, 4.69) is 14.8 Å². The van der Waals surface area contributed by atoms with Crippen LogP contribution in [0.5, 0.6) is 5.75 Å². The van der Waals surface area contributed by atoms with Crippen molar-refractivity contribution in [1.29, 1.82) is 0 Å². The Morgan fingerprint density at radius 1 is 1.34 bits per heavy atom. The third-order valence-electron chi connectivity index (χ3n) is 6.37. The van der Waals surface area contributed by atoms with Gasteiger partial charge in [0.05, 0.1) is 16.1 Å². The number of aryl methyl sites for hydroxylation is 1. The molecule has 3 fully saturated rings. The van der Waals surface area contributed by atoms with Crippen molar-refractivity contribution in [2.45, 2.75) is 45.1 Å². The number of piperidine rings is 1. The maximum atomic E-state index is 13.4. The molecule has 2 N–H and O–H groups in total. The van der Waals surface area contributed by atoms with Crippen molar-refractivity contribution >= 4 is 29.4 Å². The smallest absolute Gasteiger partial charge is 0.408 e. The van der Waals surface area contributed by atoms with E-state index in [9.17, 15) is 9.59 Å². The first-order valence-electron chi connectivity index (χ1n) is 10.2. The van der Waals surface area contributed by atoms with Gasteiger partial charge in [-0.15, -0.1) is 0 Å². The number of carbonyl (C=O) groups excluding carboxylic acids is 2. The zero-order valence-electron chi connectivity index (χ0n) is 16.7. The molecule has 9 heteroatoms. The summed E-state index contributed by atoms with van der Waals surface area (Å²) in [5.41, 5.74) is 5.25. The Labute approximate surface area is 175 Å². The monoisotopic (exact) mass is 422 g/mol. The number of likely N-dealkylation sites (tertiary alicyclic amines) is 1. The third-order valence-corrected chi connectivity index (χ3v) is 6.64. The van der Waals surface area contributed by atoms with Crippen molar-refractivity contribution < 1.29 is 19.1 Å². The van der Waals surface area contributed by atoms with E-state index in [1.807, 2.05) is 0 Å². The van der Waals surface area contributed by atoms with E-state index in [0.29, 0.717) is 29.1 Å². The Balaban J connectivity index is 1.53. The lowest BCUT2D eigenvalue weighted by Gasteiger charge is -2.41. The van der Waals surface area contributed by atoms with Gasteiger partial charge in [-0.3, -0.25) is 4.79 Å². The molecule has 3 aliphatic rings. The summed E-state index contributed by atoms with van der Waals surface area (Å²) >= 11 is 6.45. The maximum absolute atomic E-state index is 13.4. The van der Waals surface area contributed by atoms with Gasteiger partial charge in [-0.2, -0.15) is 0 Å². The minimum absolute atomic E-state index is 0.251. The number of ether oxygens (including phenoxy) is 2. The molecular weight excluding hydrogens is 396 g/mol. The van der Waals surface area contributed by atoms with Crippen LogP contribution >= 0.6 is 11.6 Å². The highest BCUT2D eigenvalue weighted by atomic mass is 35.5. The van der Waals surface area contributed by atoms with Crippen LogP contribution in [0.2, 0.25) is 5.02 Å². The molecule has 2 amide bonds. The lowest BCUT2D eigenvalue weighted by Crippen LogP contribution is -2.50. The van der Waals surface area contributed by atoms with Crippen molar-refractivity contribution in [3.63, 3.8) is 0 Å². The van der Waals surface area contributed by atoms with Crippen LogP contribution in [0.4, 0.5) is 10.6 Å². The maximum Gasteiger partial charge on any atom is 0.410 e. The second-order valence-electron chi connectivity index (χ2n) is 8.20. The molecule has 1 aromatic heterocycles. The topological polar surface area (TPSA) is 98.0 Å². The molecule has 0 aliphatic carbocycles. The third kappa shape index (κ3) is 3.88. The number of nitrogens with two attached hydrogens (primary N) is 1. The molecule has 0 unspecified atom stereocenters. The molecule has 1 atom stereocenters. The van der Waals surface area contributed by atoms with Gasteiger partial charge in [0.2, 0.25) is 5.91 Å². The lowest BCUT2D eigenvalue weighted by atomic mass is 9.78. The number of pyridine rings is 1. The average molecular weight is 423 g/mol. The van der Waals surface area contributed by atoms with E-state index in [-0.39, 0.29) is 17.1 Å². The zero-order chi connectivity index (χ0) is 20.6. The van der Waals surface area contributed by atoms with Crippen LogP contribution in [0.1, 0.15) is 37.8 Å². The molecular formula is C20H27ClN4O4. The van der Waals surface area contributed by atoms with Crippen molar-refractivity contribution in [2.24, 2.45) is 11.1 Å². The first kappa shape index (κ1) is 20.2. The van der Waals surface area contributed by atoms with E-state index in [1.54, 1.807) is 13.0 Å². The number of carbonyl (C=O) groups is 2. The molecule has 3 saturated heterocycles. The highest BCUT2D eigenvalue weighted by molar-refractivity contribution is 6.33. The summed E-state index contributed by atoms with van der Waals surface area (Å²) in [5.74, 6) is 1.13. The predicted octanol–water partition coefficient (Wildman–Crippen LogP) is 2.50. The molecule has 29 heavy (non-hydrogen) atoms. The summed E-state index contributed by atoms with van der Waals surface area (Å²) in [6, 6.07) is 1.86. The van der Waals surface area contributed by atoms with Crippen molar-refractivity contribution in [3.05, 3.63) is 16.8 Å². The molecule has 0 saturated carbocycles. The molecule has 4 heterocycles. The fourth-order valence-electron chi connectivity index (χ4n) is 4.87. The molecule has 3 aliphatic heterocycles. The Bertz CT molecular complexity index is 814. The summed E-state index contributed by atoms with van der Waals surface area (Å²) < 4.78 is 10.4. The minimum atomic E-state index is -0.902. The van der Waals surface area contributed by atoms with Crippen molar-refractivity contribution in [2.75, 3.05) is 37.7 Å².